The third kappa shape index (κ3) is 2.91. The minimum atomic E-state index is 0.0425. The number of benzene rings is 1. The van der Waals surface area contributed by atoms with Crippen LogP contribution in [0.15, 0.2) is 48.1 Å². The van der Waals surface area contributed by atoms with Crippen molar-refractivity contribution in [2.75, 3.05) is 0 Å². The Balaban J connectivity index is 2.18. The molecular formula is C18H24O. The van der Waals surface area contributed by atoms with Crippen LogP contribution in [0.25, 0.3) is 0 Å². The number of hydrogen-bond donors (Lipinski definition) is 1. The maximum atomic E-state index is 10.1. The topological polar surface area (TPSA) is 20.2 Å². The molecule has 2 atom stereocenters. The monoisotopic (exact) mass is 256 g/mol. The van der Waals surface area contributed by atoms with Crippen molar-refractivity contribution >= 4 is 0 Å². The molecule has 0 saturated carbocycles. The van der Waals surface area contributed by atoms with Crippen LogP contribution in [0.5, 0.6) is 5.75 Å². The molecule has 0 aliphatic heterocycles. The average molecular weight is 256 g/mol. The highest BCUT2D eigenvalue weighted by atomic mass is 16.3. The van der Waals surface area contributed by atoms with Gasteiger partial charge in [0.2, 0.25) is 0 Å². The molecule has 0 spiro atoms. The second kappa shape index (κ2) is 5.64. The van der Waals surface area contributed by atoms with E-state index >= 15 is 0 Å². The van der Waals surface area contributed by atoms with E-state index in [2.05, 4.69) is 45.1 Å². The van der Waals surface area contributed by atoms with Crippen LogP contribution >= 0.6 is 0 Å². The summed E-state index contributed by atoms with van der Waals surface area (Å²) < 4.78 is 0. The van der Waals surface area contributed by atoms with Gasteiger partial charge in [0.1, 0.15) is 5.75 Å². The fourth-order valence-electron chi connectivity index (χ4n) is 3.07. The zero-order valence-electron chi connectivity index (χ0n) is 12.2. The van der Waals surface area contributed by atoms with Crippen molar-refractivity contribution in [2.24, 2.45) is 5.92 Å². The van der Waals surface area contributed by atoms with Crippen molar-refractivity contribution in [1.82, 2.24) is 0 Å². The van der Waals surface area contributed by atoms with Crippen molar-refractivity contribution in [3.8, 4) is 5.75 Å². The van der Waals surface area contributed by atoms with Crippen molar-refractivity contribution in [3.05, 3.63) is 53.6 Å². The van der Waals surface area contributed by atoms with Crippen LogP contribution in [0, 0.1) is 5.92 Å². The number of aromatic hydroxyl groups is 1. The van der Waals surface area contributed by atoms with Gasteiger partial charge in [0, 0.05) is 11.0 Å². The Hall–Kier alpha value is -1.50. The molecule has 0 radical (unpaired) electrons. The van der Waals surface area contributed by atoms with Crippen LogP contribution in [-0.2, 0) is 5.41 Å². The summed E-state index contributed by atoms with van der Waals surface area (Å²) in [6, 6.07) is 7.77. The summed E-state index contributed by atoms with van der Waals surface area (Å²) in [5.74, 6) is 0.942. The predicted molar refractivity (Wildman–Crippen MR) is 81.4 cm³/mol. The van der Waals surface area contributed by atoms with Gasteiger partial charge in [-0.2, -0.15) is 0 Å². The van der Waals surface area contributed by atoms with E-state index in [1.165, 1.54) is 5.57 Å². The second-order valence-corrected chi connectivity index (χ2v) is 6.03. The van der Waals surface area contributed by atoms with Crippen molar-refractivity contribution in [3.63, 3.8) is 0 Å². The van der Waals surface area contributed by atoms with E-state index in [1.54, 1.807) is 6.07 Å². The van der Waals surface area contributed by atoms with E-state index in [1.807, 2.05) is 12.1 Å². The van der Waals surface area contributed by atoms with Crippen LogP contribution in [0.4, 0.5) is 0 Å². The van der Waals surface area contributed by atoms with E-state index < -0.39 is 0 Å². The van der Waals surface area contributed by atoms with Crippen LogP contribution in [0.3, 0.4) is 0 Å². The second-order valence-electron chi connectivity index (χ2n) is 6.03. The first-order chi connectivity index (χ1) is 9.04. The van der Waals surface area contributed by atoms with Gasteiger partial charge in [-0.05, 0) is 45.1 Å². The van der Waals surface area contributed by atoms with Gasteiger partial charge in [-0.25, -0.2) is 0 Å². The van der Waals surface area contributed by atoms with Gasteiger partial charge < -0.3 is 5.11 Å². The van der Waals surface area contributed by atoms with Gasteiger partial charge in [0.15, 0.2) is 0 Å². The molecular weight excluding hydrogens is 232 g/mol. The molecule has 1 aliphatic carbocycles. The Morgan fingerprint density at radius 1 is 1.37 bits per heavy atom. The first kappa shape index (κ1) is 13.9. The highest BCUT2D eigenvalue weighted by Crippen LogP contribution is 2.46. The standard InChI is InChI=1S/C18H24O/c1-14(2)8-6-9-15-10-7-13-18(15,3)16-11-4-5-12-17(16)19/h4-5,7-8,10-12,15,19H,6,9,13H2,1-3H3. The molecule has 2 rings (SSSR count). The van der Waals surface area contributed by atoms with E-state index in [9.17, 15) is 5.11 Å². The van der Waals surface area contributed by atoms with Gasteiger partial charge in [0.05, 0.1) is 0 Å². The number of phenols is 1. The molecule has 1 aromatic carbocycles. The summed E-state index contributed by atoms with van der Waals surface area (Å²) >= 11 is 0. The molecule has 1 nitrogen and oxygen atoms in total. The van der Waals surface area contributed by atoms with Crippen LogP contribution in [-0.4, -0.2) is 5.11 Å². The molecule has 1 heteroatoms. The summed E-state index contributed by atoms with van der Waals surface area (Å²) in [5.41, 5.74) is 2.51. The predicted octanol–water partition coefficient (Wildman–Crippen LogP) is 4.97. The quantitative estimate of drug-likeness (QED) is 0.754. The van der Waals surface area contributed by atoms with Gasteiger partial charge >= 0.3 is 0 Å². The first-order valence-electron chi connectivity index (χ1n) is 7.12. The van der Waals surface area contributed by atoms with Gasteiger partial charge in [-0.1, -0.05) is 48.9 Å². The van der Waals surface area contributed by atoms with Crippen molar-refractivity contribution in [2.45, 2.75) is 45.4 Å². The van der Waals surface area contributed by atoms with Gasteiger partial charge in [0.25, 0.3) is 0 Å². The molecule has 102 valence electrons. The van der Waals surface area contributed by atoms with E-state index in [0.717, 1.165) is 24.8 Å². The fourth-order valence-corrected chi connectivity index (χ4v) is 3.07. The number of para-hydroxylation sites is 1. The molecule has 2 unspecified atom stereocenters. The van der Waals surface area contributed by atoms with E-state index in [0.29, 0.717) is 11.7 Å². The fraction of sp³-hybridized carbons (Fsp3) is 0.444. The summed E-state index contributed by atoms with van der Waals surface area (Å²) in [4.78, 5) is 0. The van der Waals surface area contributed by atoms with Gasteiger partial charge in [-0.3, -0.25) is 0 Å². The van der Waals surface area contributed by atoms with Crippen LogP contribution < -0.4 is 0 Å². The third-order valence-corrected chi connectivity index (χ3v) is 4.28. The van der Waals surface area contributed by atoms with Gasteiger partial charge in [-0.15, -0.1) is 0 Å². The maximum absolute atomic E-state index is 10.1. The van der Waals surface area contributed by atoms with Crippen molar-refractivity contribution in [1.29, 1.82) is 0 Å². The lowest BCUT2D eigenvalue weighted by Gasteiger charge is -2.32. The lowest BCUT2D eigenvalue weighted by atomic mass is 9.71. The largest absolute Gasteiger partial charge is 0.508 e. The molecule has 0 amide bonds. The van der Waals surface area contributed by atoms with E-state index in [4.69, 9.17) is 0 Å². The zero-order chi connectivity index (χ0) is 13.9. The SMILES string of the molecule is CC(C)=CCCC1C=CCC1(C)c1ccccc1O. The summed E-state index contributed by atoms with van der Waals surface area (Å²) in [6.45, 7) is 6.56. The Kier molecular flexibility index (Phi) is 4.14. The molecule has 1 aromatic rings. The molecule has 0 fully saturated rings. The molecule has 0 heterocycles. The lowest BCUT2D eigenvalue weighted by Crippen LogP contribution is -2.27. The molecule has 1 aliphatic rings. The highest BCUT2D eigenvalue weighted by molar-refractivity contribution is 5.41. The molecule has 0 bridgehead atoms. The van der Waals surface area contributed by atoms with Crippen LogP contribution in [0.1, 0.15) is 45.6 Å². The Morgan fingerprint density at radius 3 is 2.79 bits per heavy atom. The number of allylic oxidation sites excluding steroid dienone is 4. The minimum Gasteiger partial charge on any atom is -0.508 e. The van der Waals surface area contributed by atoms with Crippen molar-refractivity contribution < 1.29 is 5.11 Å². The molecule has 0 saturated heterocycles. The molecule has 1 N–H and O–H groups in total. The minimum absolute atomic E-state index is 0.0425. The number of phenolic OH excluding ortho intramolecular Hbond substituents is 1. The normalized spacial score (nSPS) is 25.5. The summed E-state index contributed by atoms with van der Waals surface area (Å²) in [6.07, 6.45) is 10.2. The third-order valence-electron chi connectivity index (χ3n) is 4.28. The highest BCUT2D eigenvalue weighted by Gasteiger charge is 2.37. The number of hydrogen-bond acceptors (Lipinski definition) is 1. The summed E-state index contributed by atoms with van der Waals surface area (Å²) in [5, 5.41) is 10.1. The van der Waals surface area contributed by atoms with E-state index in [-0.39, 0.29) is 5.41 Å². The van der Waals surface area contributed by atoms with Crippen LogP contribution in [0.2, 0.25) is 0 Å². The average Bonchev–Trinajstić information content (AvgIpc) is 2.72. The first-order valence-corrected chi connectivity index (χ1v) is 7.12. The lowest BCUT2D eigenvalue weighted by molar-refractivity contribution is 0.340. The summed E-state index contributed by atoms with van der Waals surface area (Å²) in [7, 11) is 0. The zero-order valence-corrected chi connectivity index (χ0v) is 12.2. The molecule has 19 heavy (non-hydrogen) atoms. The Labute approximate surface area is 116 Å². The number of rotatable bonds is 4. The maximum Gasteiger partial charge on any atom is 0.119 e. The molecule has 0 aromatic heterocycles. The smallest absolute Gasteiger partial charge is 0.119 e. The Morgan fingerprint density at radius 2 is 2.11 bits per heavy atom. The Bertz CT molecular complexity index is 494.